The predicted octanol–water partition coefficient (Wildman–Crippen LogP) is -3.06. The Labute approximate surface area is 99.0 Å². The van der Waals surface area contributed by atoms with Crippen molar-refractivity contribution in [2.24, 2.45) is 0 Å². The van der Waals surface area contributed by atoms with Gasteiger partial charge in [0.05, 0.1) is 0 Å². The van der Waals surface area contributed by atoms with Crippen molar-refractivity contribution < 1.29 is 42.5 Å². The summed E-state index contributed by atoms with van der Waals surface area (Å²) in [6.07, 6.45) is 1.77. The molecule has 1 N–H and O–H groups in total. The van der Waals surface area contributed by atoms with Gasteiger partial charge in [0, 0.05) is 11.8 Å². The number of thioether (sulfide) groups is 1. The monoisotopic (exact) mass is 219 g/mol. The van der Waals surface area contributed by atoms with Crippen LogP contribution in [-0.2, 0) is 10.3 Å². The molecule has 0 bridgehead atoms. The summed E-state index contributed by atoms with van der Waals surface area (Å²) in [6.45, 7) is 0. The Balaban J connectivity index is 0.00000121. The van der Waals surface area contributed by atoms with Crippen LogP contribution in [0.4, 0.5) is 0 Å². The first-order valence-corrected chi connectivity index (χ1v) is 5.95. The van der Waals surface area contributed by atoms with Crippen LogP contribution in [0.3, 0.4) is 0 Å². The number of hydrogen-bond acceptors (Lipinski definition) is 4. The zero-order valence-corrected chi connectivity index (χ0v) is 10.6. The SMILES string of the molecule is O=S(=O)([O-])NC1CCCSC1.[Na+]. The van der Waals surface area contributed by atoms with E-state index in [-0.39, 0.29) is 35.6 Å². The smallest absolute Gasteiger partial charge is 0.735 e. The van der Waals surface area contributed by atoms with Crippen molar-refractivity contribution in [3.05, 3.63) is 0 Å². The average Bonchev–Trinajstić information content (AvgIpc) is 1.85. The molecule has 0 aromatic carbocycles. The Hall–Kier alpha value is 1.22. The fraction of sp³-hybridized carbons (Fsp3) is 1.00. The van der Waals surface area contributed by atoms with Crippen molar-refractivity contribution in [3.63, 3.8) is 0 Å². The molecule has 1 unspecified atom stereocenters. The fourth-order valence-electron chi connectivity index (χ4n) is 1.04. The molecule has 0 radical (unpaired) electrons. The first-order valence-electron chi connectivity index (χ1n) is 3.39. The van der Waals surface area contributed by atoms with Crippen molar-refractivity contribution in [3.8, 4) is 0 Å². The average molecular weight is 219 g/mol. The van der Waals surface area contributed by atoms with Gasteiger partial charge >= 0.3 is 29.6 Å². The summed E-state index contributed by atoms with van der Waals surface area (Å²) in [5.74, 6) is 1.79. The summed E-state index contributed by atoms with van der Waals surface area (Å²) >= 11 is 1.68. The van der Waals surface area contributed by atoms with Crippen molar-refractivity contribution in [2.45, 2.75) is 18.9 Å². The van der Waals surface area contributed by atoms with Crippen LogP contribution < -0.4 is 34.3 Å². The minimum Gasteiger partial charge on any atom is -0.735 e. The van der Waals surface area contributed by atoms with Crippen LogP contribution in [0.2, 0.25) is 0 Å². The van der Waals surface area contributed by atoms with E-state index in [0.717, 1.165) is 24.3 Å². The van der Waals surface area contributed by atoms with Gasteiger partial charge in [-0.2, -0.15) is 11.8 Å². The summed E-state index contributed by atoms with van der Waals surface area (Å²) in [5.41, 5.74) is 0. The number of nitrogens with one attached hydrogen (secondary N) is 1. The maximum atomic E-state index is 10.2. The Kier molecular flexibility index (Phi) is 6.44. The van der Waals surface area contributed by atoms with E-state index >= 15 is 0 Å². The maximum Gasteiger partial charge on any atom is 1.00 e. The Morgan fingerprint density at radius 1 is 1.50 bits per heavy atom. The van der Waals surface area contributed by atoms with Crippen LogP contribution in [0, 0.1) is 0 Å². The minimum absolute atomic E-state index is 0. The second-order valence-electron chi connectivity index (χ2n) is 2.49. The van der Waals surface area contributed by atoms with Gasteiger partial charge in [0.2, 0.25) is 0 Å². The summed E-state index contributed by atoms with van der Waals surface area (Å²) < 4.78 is 32.7. The zero-order valence-electron chi connectivity index (χ0n) is 6.95. The fourth-order valence-corrected chi connectivity index (χ4v) is 2.82. The van der Waals surface area contributed by atoms with E-state index in [9.17, 15) is 13.0 Å². The largest absolute Gasteiger partial charge is 1.00 e. The van der Waals surface area contributed by atoms with Crippen LogP contribution in [0.25, 0.3) is 0 Å². The van der Waals surface area contributed by atoms with E-state index in [4.69, 9.17) is 0 Å². The molecular formula is C5H10NNaO3S2. The van der Waals surface area contributed by atoms with E-state index in [1.807, 2.05) is 0 Å². The van der Waals surface area contributed by atoms with Gasteiger partial charge in [0.15, 0.2) is 10.3 Å². The van der Waals surface area contributed by atoms with Crippen LogP contribution >= 0.6 is 11.8 Å². The van der Waals surface area contributed by atoms with Gasteiger partial charge in [-0.25, -0.2) is 13.1 Å². The molecule has 12 heavy (non-hydrogen) atoms. The Bertz CT molecular complexity index is 213. The molecule has 1 heterocycles. The Morgan fingerprint density at radius 3 is 2.58 bits per heavy atom. The van der Waals surface area contributed by atoms with Gasteiger partial charge in [-0.15, -0.1) is 0 Å². The second kappa shape index (κ2) is 5.85. The molecular weight excluding hydrogens is 209 g/mol. The molecule has 0 aromatic rings. The number of hydrogen-bond donors (Lipinski definition) is 1. The van der Waals surface area contributed by atoms with E-state index in [2.05, 4.69) is 4.72 Å². The van der Waals surface area contributed by atoms with Crippen molar-refractivity contribution in [2.75, 3.05) is 11.5 Å². The number of rotatable bonds is 2. The van der Waals surface area contributed by atoms with Crippen LogP contribution in [0.1, 0.15) is 12.8 Å². The van der Waals surface area contributed by atoms with Gasteiger partial charge < -0.3 is 4.55 Å². The first-order chi connectivity index (χ1) is 5.08. The third-order valence-electron chi connectivity index (χ3n) is 1.47. The van der Waals surface area contributed by atoms with Crippen molar-refractivity contribution in [1.82, 2.24) is 4.72 Å². The molecule has 0 spiro atoms. The zero-order chi connectivity index (χ0) is 8.32. The molecule has 7 heteroatoms. The van der Waals surface area contributed by atoms with E-state index in [1.165, 1.54) is 0 Å². The molecule has 1 aliphatic rings. The topological polar surface area (TPSA) is 69.2 Å². The molecule has 0 aromatic heterocycles. The quantitative estimate of drug-likeness (QED) is 0.395. The second-order valence-corrected chi connectivity index (χ2v) is 4.78. The Morgan fingerprint density at radius 2 is 2.17 bits per heavy atom. The van der Waals surface area contributed by atoms with Crippen molar-refractivity contribution >= 4 is 22.1 Å². The molecule has 1 rings (SSSR count). The van der Waals surface area contributed by atoms with E-state index in [0.29, 0.717) is 0 Å². The molecule has 0 aliphatic carbocycles. The molecule has 1 atom stereocenters. The minimum atomic E-state index is -4.24. The molecule has 1 aliphatic heterocycles. The van der Waals surface area contributed by atoms with Gasteiger partial charge in [-0.05, 0) is 18.6 Å². The van der Waals surface area contributed by atoms with Crippen LogP contribution in [0.5, 0.6) is 0 Å². The maximum absolute atomic E-state index is 10.2. The van der Waals surface area contributed by atoms with Gasteiger partial charge in [-0.3, -0.25) is 0 Å². The van der Waals surface area contributed by atoms with Crippen molar-refractivity contribution in [1.29, 1.82) is 0 Å². The first kappa shape index (κ1) is 13.2. The molecule has 0 saturated carbocycles. The summed E-state index contributed by atoms with van der Waals surface area (Å²) in [5, 5.41) is 0. The third kappa shape index (κ3) is 5.80. The van der Waals surface area contributed by atoms with E-state index < -0.39 is 10.3 Å². The van der Waals surface area contributed by atoms with Crippen LogP contribution in [-0.4, -0.2) is 30.5 Å². The molecule has 1 saturated heterocycles. The summed E-state index contributed by atoms with van der Waals surface area (Å²) in [6, 6.07) is -0.142. The van der Waals surface area contributed by atoms with Gasteiger partial charge in [0.1, 0.15) is 0 Å². The van der Waals surface area contributed by atoms with E-state index in [1.54, 1.807) is 11.8 Å². The molecule has 4 nitrogen and oxygen atoms in total. The standard InChI is InChI=1S/C5H11NO3S2.Na/c7-11(8,9)6-5-2-1-3-10-4-5;/h5-6H,1-4H2,(H,7,8,9);/q;+1/p-1. The molecule has 66 valence electrons. The van der Waals surface area contributed by atoms with Crippen LogP contribution in [0.15, 0.2) is 0 Å². The summed E-state index contributed by atoms with van der Waals surface area (Å²) in [7, 11) is -4.24. The van der Waals surface area contributed by atoms with Gasteiger partial charge in [-0.1, -0.05) is 0 Å². The normalized spacial score (nSPS) is 24.6. The van der Waals surface area contributed by atoms with Gasteiger partial charge in [0.25, 0.3) is 0 Å². The summed E-state index contributed by atoms with van der Waals surface area (Å²) in [4.78, 5) is 0. The predicted molar refractivity (Wildman–Crippen MR) is 43.2 cm³/mol. The molecule has 1 fully saturated rings. The third-order valence-corrected chi connectivity index (χ3v) is 3.31. The molecule has 0 amide bonds.